The summed E-state index contributed by atoms with van der Waals surface area (Å²) in [5.74, 6) is 1.68. The molecule has 1 unspecified atom stereocenters. The summed E-state index contributed by atoms with van der Waals surface area (Å²) in [5, 5.41) is 0. The minimum Gasteiger partial charge on any atom is -0.497 e. The zero-order chi connectivity index (χ0) is 15.5. The van der Waals surface area contributed by atoms with Crippen LogP contribution in [0.4, 0.5) is 0 Å². The second-order valence-corrected chi connectivity index (χ2v) is 6.84. The predicted octanol–water partition coefficient (Wildman–Crippen LogP) is 2.86. The fourth-order valence-electron chi connectivity index (χ4n) is 3.29. The topological polar surface area (TPSA) is 38.5 Å². The molecule has 3 heteroatoms. The maximum absolute atomic E-state index is 6.20. The molecule has 0 saturated carbocycles. The van der Waals surface area contributed by atoms with Crippen molar-refractivity contribution in [2.45, 2.75) is 45.1 Å². The second-order valence-electron chi connectivity index (χ2n) is 6.84. The fraction of sp³-hybridized carbons (Fsp3) is 0.667. The molecule has 0 amide bonds. The standard InChI is InChI=1S/C18H30N2O/c1-14(2)8-10-20(3)18(13-19)9-7-15-5-6-17(21-4)11-16(15)12-18/h5-6,11,14H,7-10,12-13,19H2,1-4H3. The number of ether oxygens (including phenoxy) is 1. The van der Waals surface area contributed by atoms with Gasteiger partial charge >= 0.3 is 0 Å². The number of fused-ring (bicyclic) bond motifs is 1. The highest BCUT2D eigenvalue weighted by molar-refractivity contribution is 5.39. The van der Waals surface area contributed by atoms with Gasteiger partial charge in [0.15, 0.2) is 0 Å². The van der Waals surface area contributed by atoms with E-state index in [4.69, 9.17) is 10.5 Å². The van der Waals surface area contributed by atoms with Crippen molar-refractivity contribution >= 4 is 0 Å². The van der Waals surface area contributed by atoms with Crippen molar-refractivity contribution < 1.29 is 4.74 Å². The zero-order valence-electron chi connectivity index (χ0n) is 14.0. The normalized spacial score (nSPS) is 21.7. The SMILES string of the molecule is COc1ccc2c(c1)CC(CN)(N(C)CCC(C)C)CC2. The lowest BCUT2D eigenvalue weighted by Crippen LogP contribution is -2.55. The van der Waals surface area contributed by atoms with Gasteiger partial charge in [0.05, 0.1) is 7.11 Å². The average Bonchev–Trinajstić information content (AvgIpc) is 2.51. The Balaban J connectivity index is 2.18. The summed E-state index contributed by atoms with van der Waals surface area (Å²) in [5.41, 5.74) is 9.17. The lowest BCUT2D eigenvalue weighted by molar-refractivity contribution is 0.103. The van der Waals surface area contributed by atoms with Gasteiger partial charge in [0, 0.05) is 12.1 Å². The van der Waals surface area contributed by atoms with E-state index >= 15 is 0 Å². The van der Waals surface area contributed by atoms with E-state index in [1.807, 2.05) is 0 Å². The van der Waals surface area contributed by atoms with Gasteiger partial charge in [-0.25, -0.2) is 0 Å². The third-order valence-electron chi connectivity index (χ3n) is 5.02. The molecule has 0 spiro atoms. The van der Waals surface area contributed by atoms with Crippen LogP contribution in [-0.2, 0) is 12.8 Å². The molecule has 0 fully saturated rings. The Morgan fingerprint density at radius 2 is 2.10 bits per heavy atom. The molecule has 1 aliphatic rings. The van der Waals surface area contributed by atoms with E-state index in [0.717, 1.165) is 44.0 Å². The molecule has 0 aromatic heterocycles. The lowest BCUT2D eigenvalue weighted by Gasteiger charge is -2.45. The molecule has 1 atom stereocenters. The van der Waals surface area contributed by atoms with E-state index in [-0.39, 0.29) is 5.54 Å². The first-order valence-electron chi connectivity index (χ1n) is 8.08. The molecule has 0 saturated heterocycles. The van der Waals surface area contributed by atoms with Crippen molar-refractivity contribution in [3.63, 3.8) is 0 Å². The van der Waals surface area contributed by atoms with Crippen LogP contribution in [0.2, 0.25) is 0 Å². The number of nitrogens with zero attached hydrogens (tertiary/aromatic N) is 1. The molecule has 1 aromatic rings. The van der Waals surface area contributed by atoms with Crippen LogP contribution in [0.25, 0.3) is 0 Å². The predicted molar refractivity (Wildman–Crippen MR) is 88.9 cm³/mol. The summed E-state index contributed by atoms with van der Waals surface area (Å²) >= 11 is 0. The quantitative estimate of drug-likeness (QED) is 0.875. The molecular weight excluding hydrogens is 260 g/mol. The van der Waals surface area contributed by atoms with Gasteiger partial charge in [-0.1, -0.05) is 19.9 Å². The molecule has 0 radical (unpaired) electrons. The molecule has 2 N–H and O–H groups in total. The van der Waals surface area contributed by atoms with Crippen LogP contribution in [-0.4, -0.2) is 37.7 Å². The highest BCUT2D eigenvalue weighted by Crippen LogP contribution is 2.34. The fourth-order valence-corrected chi connectivity index (χ4v) is 3.29. The lowest BCUT2D eigenvalue weighted by atomic mass is 9.76. The monoisotopic (exact) mass is 290 g/mol. The maximum atomic E-state index is 6.20. The summed E-state index contributed by atoms with van der Waals surface area (Å²) < 4.78 is 5.38. The van der Waals surface area contributed by atoms with Gasteiger partial charge in [-0.05, 0) is 68.5 Å². The van der Waals surface area contributed by atoms with E-state index in [0.29, 0.717) is 0 Å². The molecular formula is C18H30N2O. The van der Waals surface area contributed by atoms with Crippen LogP contribution in [0.3, 0.4) is 0 Å². The number of nitrogens with two attached hydrogens (primary N) is 1. The van der Waals surface area contributed by atoms with Crippen LogP contribution in [0, 0.1) is 5.92 Å². The van der Waals surface area contributed by atoms with Crippen molar-refractivity contribution in [1.82, 2.24) is 4.90 Å². The van der Waals surface area contributed by atoms with Crippen LogP contribution in [0.5, 0.6) is 5.75 Å². The molecule has 0 heterocycles. The number of benzene rings is 1. The van der Waals surface area contributed by atoms with E-state index in [2.05, 4.69) is 44.0 Å². The largest absolute Gasteiger partial charge is 0.497 e. The average molecular weight is 290 g/mol. The summed E-state index contributed by atoms with van der Waals surface area (Å²) in [6.07, 6.45) is 4.52. The van der Waals surface area contributed by atoms with Crippen molar-refractivity contribution in [2.75, 3.05) is 27.2 Å². The van der Waals surface area contributed by atoms with Gasteiger partial charge in [-0.3, -0.25) is 4.90 Å². The smallest absolute Gasteiger partial charge is 0.119 e. The number of hydrogen-bond donors (Lipinski definition) is 1. The highest BCUT2D eigenvalue weighted by Gasteiger charge is 2.36. The molecule has 3 nitrogen and oxygen atoms in total. The summed E-state index contributed by atoms with van der Waals surface area (Å²) in [4.78, 5) is 2.50. The van der Waals surface area contributed by atoms with Crippen molar-refractivity contribution in [2.24, 2.45) is 11.7 Å². The summed E-state index contributed by atoms with van der Waals surface area (Å²) in [6.45, 7) is 6.40. The Morgan fingerprint density at radius 1 is 1.33 bits per heavy atom. The highest BCUT2D eigenvalue weighted by atomic mass is 16.5. The Morgan fingerprint density at radius 3 is 2.71 bits per heavy atom. The number of rotatable bonds is 6. The number of aryl methyl sites for hydroxylation is 1. The van der Waals surface area contributed by atoms with Gasteiger partial charge in [0.2, 0.25) is 0 Å². The van der Waals surface area contributed by atoms with Crippen molar-refractivity contribution in [3.05, 3.63) is 29.3 Å². The van der Waals surface area contributed by atoms with Gasteiger partial charge in [-0.15, -0.1) is 0 Å². The number of hydrogen-bond acceptors (Lipinski definition) is 3. The van der Waals surface area contributed by atoms with E-state index in [1.165, 1.54) is 17.5 Å². The van der Waals surface area contributed by atoms with E-state index in [9.17, 15) is 0 Å². The third kappa shape index (κ3) is 3.58. The first kappa shape index (κ1) is 16.3. The Bertz CT molecular complexity index is 472. The van der Waals surface area contributed by atoms with Gasteiger partial charge in [0.1, 0.15) is 5.75 Å². The molecule has 21 heavy (non-hydrogen) atoms. The summed E-state index contributed by atoms with van der Waals surface area (Å²) in [7, 11) is 3.97. The Labute approximate surface area is 129 Å². The van der Waals surface area contributed by atoms with Crippen LogP contribution in [0.1, 0.15) is 37.8 Å². The molecule has 118 valence electrons. The molecule has 1 aromatic carbocycles. The van der Waals surface area contributed by atoms with Crippen molar-refractivity contribution in [1.29, 1.82) is 0 Å². The molecule has 1 aliphatic carbocycles. The zero-order valence-corrected chi connectivity index (χ0v) is 14.0. The van der Waals surface area contributed by atoms with Gasteiger partial charge < -0.3 is 10.5 Å². The van der Waals surface area contributed by atoms with Crippen LogP contribution < -0.4 is 10.5 Å². The minimum absolute atomic E-state index is 0.105. The van der Waals surface area contributed by atoms with Crippen LogP contribution in [0.15, 0.2) is 18.2 Å². The van der Waals surface area contributed by atoms with E-state index < -0.39 is 0 Å². The first-order chi connectivity index (χ1) is 10.0. The summed E-state index contributed by atoms with van der Waals surface area (Å²) in [6, 6.07) is 6.47. The van der Waals surface area contributed by atoms with Crippen molar-refractivity contribution in [3.8, 4) is 5.75 Å². The Kier molecular flexibility index (Phi) is 5.28. The number of methoxy groups -OCH3 is 1. The minimum atomic E-state index is 0.105. The third-order valence-corrected chi connectivity index (χ3v) is 5.02. The van der Waals surface area contributed by atoms with E-state index in [1.54, 1.807) is 7.11 Å². The Hall–Kier alpha value is -1.06. The molecule has 2 rings (SSSR count). The van der Waals surface area contributed by atoms with Crippen LogP contribution >= 0.6 is 0 Å². The molecule has 0 bridgehead atoms. The van der Waals surface area contributed by atoms with Gasteiger partial charge in [-0.2, -0.15) is 0 Å². The number of likely N-dealkylation sites (N-methyl/N-ethyl adjacent to an activating group) is 1. The molecule has 0 aliphatic heterocycles. The first-order valence-corrected chi connectivity index (χ1v) is 8.08. The second kappa shape index (κ2) is 6.80. The maximum Gasteiger partial charge on any atom is 0.119 e. The van der Waals surface area contributed by atoms with Gasteiger partial charge in [0.25, 0.3) is 0 Å².